The lowest BCUT2D eigenvalue weighted by atomic mass is 9.95. The predicted octanol–water partition coefficient (Wildman–Crippen LogP) is 4.48. The molecule has 0 amide bonds. The highest BCUT2D eigenvalue weighted by Crippen LogP contribution is 2.25. The Balaban J connectivity index is 1.66. The molecule has 0 bridgehead atoms. The summed E-state index contributed by atoms with van der Waals surface area (Å²) in [5, 5.41) is 0.531. The van der Waals surface area contributed by atoms with Gasteiger partial charge in [-0.3, -0.25) is 4.79 Å². The van der Waals surface area contributed by atoms with Crippen LogP contribution < -0.4 is 0 Å². The van der Waals surface area contributed by atoms with E-state index in [0.29, 0.717) is 17.0 Å². The van der Waals surface area contributed by atoms with Crippen LogP contribution in [0.5, 0.6) is 0 Å². The number of carbonyl (C=O) groups excluding carboxylic acids is 1. The average Bonchev–Trinajstić information content (AvgIpc) is 2.45. The normalized spacial score (nSPS) is 18.6. The number of unbranched alkanes of at least 4 members (excludes halogenated alkanes) is 1. The third kappa shape index (κ3) is 5.10. The van der Waals surface area contributed by atoms with Crippen LogP contribution in [0.3, 0.4) is 0 Å². The van der Waals surface area contributed by atoms with Gasteiger partial charge in [-0.25, -0.2) is 0 Å². The fraction of sp³-hybridized carbons (Fsp3) is 0.588. The zero-order valence-electron chi connectivity index (χ0n) is 12.7. The number of halogens is 1. The molecule has 0 spiro atoms. The predicted molar refractivity (Wildman–Crippen MR) is 83.7 cm³/mol. The number of benzene rings is 1. The largest absolute Gasteiger partial charge is 0.352 e. The highest BCUT2D eigenvalue weighted by atomic mass is 35.5. The lowest BCUT2D eigenvalue weighted by Gasteiger charge is -2.34. The fourth-order valence-corrected chi connectivity index (χ4v) is 2.55. The minimum absolute atomic E-state index is 0.104. The van der Waals surface area contributed by atoms with Crippen molar-refractivity contribution in [1.82, 2.24) is 0 Å². The summed E-state index contributed by atoms with van der Waals surface area (Å²) in [6.45, 7) is 5.73. The van der Waals surface area contributed by atoms with Crippen molar-refractivity contribution in [3.05, 3.63) is 34.9 Å². The zero-order chi connectivity index (χ0) is 15.3. The monoisotopic (exact) mass is 310 g/mol. The number of rotatable bonds is 6. The van der Waals surface area contributed by atoms with E-state index >= 15 is 0 Å². The first kappa shape index (κ1) is 16.5. The molecule has 0 atom stereocenters. The molecule has 0 aromatic heterocycles. The van der Waals surface area contributed by atoms with Crippen LogP contribution in [0.1, 0.15) is 49.9 Å². The van der Waals surface area contributed by atoms with Crippen LogP contribution in [0, 0.1) is 5.41 Å². The zero-order valence-corrected chi connectivity index (χ0v) is 13.5. The van der Waals surface area contributed by atoms with Gasteiger partial charge in [0.05, 0.1) is 18.2 Å². The molecule has 3 nitrogen and oxygen atoms in total. The van der Waals surface area contributed by atoms with E-state index in [-0.39, 0.29) is 17.5 Å². The molecule has 1 aromatic carbocycles. The fourth-order valence-electron chi connectivity index (χ4n) is 2.31. The number of hydrogen-bond acceptors (Lipinski definition) is 3. The molecule has 21 heavy (non-hydrogen) atoms. The Labute approximate surface area is 131 Å². The molecule has 1 saturated heterocycles. The van der Waals surface area contributed by atoms with Crippen LogP contribution in [0.15, 0.2) is 24.3 Å². The second-order valence-electron chi connectivity index (χ2n) is 6.36. The van der Waals surface area contributed by atoms with E-state index in [0.717, 1.165) is 32.5 Å². The van der Waals surface area contributed by atoms with E-state index in [1.54, 1.807) is 12.1 Å². The van der Waals surface area contributed by atoms with Gasteiger partial charge in [0.25, 0.3) is 0 Å². The maximum absolute atomic E-state index is 12.1. The lowest BCUT2D eigenvalue weighted by Crippen LogP contribution is -2.37. The van der Waals surface area contributed by atoms with E-state index in [1.807, 2.05) is 12.1 Å². The van der Waals surface area contributed by atoms with Crippen molar-refractivity contribution in [1.29, 1.82) is 0 Å². The van der Waals surface area contributed by atoms with Crippen LogP contribution >= 0.6 is 11.6 Å². The molecule has 1 aliphatic rings. The van der Waals surface area contributed by atoms with Gasteiger partial charge in [-0.15, -0.1) is 0 Å². The van der Waals surface area contributed by atoms with Gasteiger partial charge in [0.2, 0.25) is 0 Å². The maximum atomic E-state index is 12.1. The Bertz CT molecular complexity index is 475. The summed E-state index contributed by atoms with van der Waals surface area (Å²) >= 11 is 6.02. The van der Waals surface area contributed by atoms with Crippen LogP contribution in [0.2, 0.25) is 5.02 Å². The van der Waals surface area contributed by atoms with Crippen molar-refractivity contribution in [3.63, 3.8) is 0 Å². The third-order valence-corrected chi connectivity index (χ3v) is 3.92. The van der Waals surface area contributed by atoms with E-state index in [1.165, 1.54) is 0 Å². The summed E-state index contributed by atoms with van der Waals surface area (Å²) < 4.78 is 11.4. The van der Waals surface area contributed by atoms with Gasteiger partial charge < -0.3 is 9.47 Å². The Hall–Kier alpha value is -0.900. The van der Waals surface area contributed by atoms with E-state index in [2.05, 4.69) is 13.8 Å². The van der Waals surface area contributed by atoms with E-state index in [4.69, 9.17) is 21.1 Å². The molecule has 0 radical (unpaired) electrons. The molecule has 2 rings (SSSR count). The van der Waals surface area contributed by atoms with Crippen molar-refractivity contribution in [2.75, 3.05) is 13.2 Å². The van der Waals surface area contributed by atoms with Crippen molar-refractivity contribution in [2.45, 2.75) is 45.8 Å². The molecule has 1 aromatic rings. The summed E-state index contributed by atoms with van der Waals surface area (Å²) in [7, 11) is 0. The standard InChI is InChI=1S/C17H23ClO3/c1-17(2)11-20-16(21-12-17)10-6-5-9-15(19)13-7-3-4-8-14(13)18/h3-4,7-8,16H,5-6,9-12H2,1-2H3. The molecule has 4 heteroatoms. The summed E-state index contributed by atoms with van der Waals surface area (Å²) in [5.74, 6) is 0.104. The van der Waals surface area contributed by atoms with Crippen LogP contribution in [-0.2, 0) is 9.47 Å². The van der Waals surface area contributed by atoms with Crippen molar-refractivity contribution in [2.24, 2.45) is 5.41 Å². The molecule has 116 valence electrons. The molecular formula is C17H23ClO3. The van der Waals surface area contributed by atoms with Gasteiger partial charge in [0.1, 0.15) is 0 Å². The molecule has 0 N–H and O–H groups in total. The molecule has 1 fully saturated rings. The second kappa shape index (κ2) is 7.39. The van der Waals surface area contributed by atoms with Gasteiger partial charge in [0.15, 0.2) is 12.1 Å². The minimum atomic E-state index is -0.117. The smallest absolute Gasteiger partial charge is 0.164 e. The average molecular weight is 311 g/mol. The Morgan fingerprint density at radius 1 is 1.24 bits per heavy atom. The number of ether oxygens (including phenoxy) is 2. The number of hydrogen-bond donors (Lipinski definition) is 0. The summed E-state index contributed by atoms with van der Waals surface area (Å²) in [5.41, 5.74) is 0.724. The molecule has 0 unspecified atom stereocenters. The van der Waals surface area contributed by atoms with Crippen molar-refractivity contribution < 1.29 is 14.3 Å². The first-order chi connectivity index (χ1) is 9.98. The Morgan fingerprint density at radius 2 is 1.90 bits per heavy atom. The van der Waals surface area contributed by atoms with Gasteiger partial charge in [-0.05, 0) is 31.4 Å². The highest BCUT2D eigenvalue weighted by molar-refractivity contribution is 6.33. The molecular weight excluding hydrogens is 288 g/mol. The van der Waals surface area contributed by atoms with Crippen molar-refractivity contribution >= 4 is 17.4 Å². The van der Waals surface area contributed by atoms with E-state index in [9.17, 15) is 4.79 Å². The van der Waals surface area contributed by atoms with Crippen molar-refractivity contribution in [3.8, 4) is 0 Å². The van der Waals surface area contributed by atoms with Crippen LogP contribution in [0.4, 0.5) is 0 Å². The Morgan fingerprint density at radius 3 is 2.57 bits per heavy atom. The van der Waals surface area contributed by atoms with Crippen LogP contribution in [0.25, 0.3) is 0 Å². The molecule has 0 aliphatic carbocycles. The first-order valence-corrected chi connectivity index (χ1v) is 7.87. The Kier molecular flexibility index (Phi) is 5.80. The number of ketones is 1. The summed E-state index contributed by atoms with van der Waals surface area (Å²) in [6.07, 6.45) is 2.99. The minimum Gasteiger partial charge on any atom is -0.352 e. The lowest BCUT2D eigenvalue weighted by molar-refractivity contribution is -0.224. The summed E-state index contributed by atoms with van der Waals surface area (Å²) in [4.78, 5) is 12.1. The van der Waals surface area contributed by atoms with Gasteiger partial charge in [-0.1, -0.05) is 37.6 Å². The van der Waals surface area contributed by atoms with Crippen LogP contribution in [-0.4, -0.2) is 25.3 Å². The summed E-state index contributed by atoms with van der Waals surface area (Å²) in [6, 6.07) is 7.20. The topological polar surface area (TPSA) is 35.5 Å². The number of carbonyl (C=O) groups is 1. The van der Waals surface area contributed by atoms with Gasteiger partial charge in [-0.2, -0.15) is 0 Å². The quantitative estimate of drug-likeness (QED) is 0.574. The molecule has 0 saturated carbocycles. The second-order valence-corrected chi connectivity index (χ2v) is 6.77. The van der Waals surface area contributed by atoms with Gasteiger partial charge >= 0.3 is 0 Å². The van der Waals surface area contributed by atoms with Gasteiger partial charge in [0, 0.05) is 17.4 Å². The third-order valence-electron chi connectivity index (χ3n) is 3.59. The first-order valence-electron chi connectivity index (χ1n) is 7.49. The number of Topliss-reactive ketones (excluding diaryl/α,β-unsaturated/α-hetero) is 1. The molecule has 1 aliphatic heterocycles. The SMILES string of the molecule is CC1(C)COC(CCCCC(=O)c2ccccc2Cl)OC1. The molecule has 1 heterocycles. The maximum Gasteiger partial charge on any atom is 0.164 e. The highest BCUT2D eigenvalue weighted by Gasteiger charge is 2.27. The van der Waals surface area contributed by atoms with E-state index < -0.39 is 0 Å².